The highest BCUT2D eigenvalue weighted by Gasteiger charge is 2.23. The van der Waals surface area contributed by atoms with E-state index in [9.17, 15) is 9.59 Å². The first-order valence-electron chi connectivity index (χ1n) is 8.07. The van der Waals surface area contributed by atoms with E-state index in [1.54, 1.807) is 11.6 Å². The maximum atomic E-state index is 12.6. The zero-order chi connectivity index (χ0) is 17.4. The van der Waals surface area contributed by atoms with Crippen molar-refractivity contribution in [3.8, 4) is 6.01 Å². The second-order valence-corrected chi connectivity index (χ2v) is 6.40. The maximum absolute atomic E-state index is 12.6. The first-order chi connectivity index (χ1) is 11.4. The van der Waals surface area contributed by atoms with Gasteiger partial charge in [-0.15, -0.1) is 0 Å². The number of imidazole rings is 1. The van der Waals surface area contributed by atoms with Gasteiger partial charge in [0.1, 0.15) is 6.10 Å². The topological polar surface area (TPSA) is 83.1 Å². The van der Waals surface area contributed by atoms with E-state index in [-0.39, 0.29) is 11.7 Å². The van der Waals surface area contributed by atoms with E-state index in [2.05, 4.69) is 10.3 Å². The molecule has 8 heteroatoms. The first kappa shape index (κ1) is 16.5. The molecule has 0 spiro atoms. The molecule has 0 aromatic carbocycles. The van der Waals surface area contributed by atoms with Gasteiger partial charge in [-0.25, -0.2) is 4.79 Å². The van der Waals surface area contributed by atoms with Crippen LogP contribution in [0.15, 0.2) is 21.2 Å². The van der Waals surface area contributed by atoms with Crippen molar-refractivity contribution in [3.05, 3.63) is 32.5 Å². The zero-order valence-corrected chi connectivity index (χ0v) is 14.5. The molecule has 0 aliphatic carbocycles. The summed E-state index contributed by atoms with van der Waals surface area (Å²) in [6.45, 7) is 6.12. The summed E-state index contributed by atoms with van der Waals surface area (Å²) < 4.78 is 10.2. The van der Waals surface area contributed by atoms with Crippen LogP contribution in [0.5, 0.6) is 6.01 Å². The molecule has 0 saturated carbocycles. The van der Waals surface area contributed by atoms with Crippen molar-refractivity contribution in [3.63, 3.8) is 0 Å². The number of nitrogens with one attached hydrogen (secondary N) is 1. The minimum Gasteiger partial charge on any atom is -0.460 e. The Morgan fingerprint density at radius 2 is 2.08 bits per heavy atom. The second kappa shape index (κ2) is 6.27. The monoisotopic (exact) mass is 333 g/mol. The smallest absolute Gasteiger partial charge is 0.332 e. The van der Waals surface area contributed by atoms with Crippen LogP contribution in [-0.2, 0) is 20.6 Å². The molecule has 1 atom stereocenters. The minimum atomic E-state index is -0.395. The maximum Gasteiger partial charge on any atom is 0.332 e. The van der Waals surface area contributed by atoms with Crippen LogP contribution in [-0.4, -0.2) is 37.9 Å². The molecule has 0 amide bonds. The normalized spacial score (nSPS) is 17.4. The number of aryl methyl sites for hydroxylation is 1. The molecular formula is C16H23N5O3. The van der Waals surface area contributed by atoms with E-state index in [0.717, 1.165) is 29.7 Å². The molecule has 1 fully saturated rings. The summed E-state index contributed by atoms with van der Waals surface area (Å²) in [6, 6.07) is 0.384. The van der Waals surface area contributed by atoms with E-state index in [4.69, 9.17) is 4.74 Å². The molecule has 3 heterocycles. The third-order valence-electron chi connectivity index (χ3n) is 4.28. The molecule has 3 rings (SSSR count). The lowest BCUT2D eigenvalue weighted by Crippen LogP contribution is -2.37. The summed E-state index contributed by atoms with van der Waals surface area (Å²) in [5.74, 6) is 0. The molecule has 1 aliphatic heterocycles. The van der Waals surface area contributed by atoms with Crippen molar-refractivity contribution < 1.29 is 4.74 Å². The van der Waals surface area contributed by atoms with Crippen LogP contribution in [0.4, 0.5) is 0 Å². The zero-order valence-electron chi connectivity index (χ0n) is 14.5. The second-order valence-electron chi connectivity index (χ2n) is 6.40. The predicted molar refractivity (Wildman–Crippen MR) is 91.5 cm³/mol. The molecule has 130 valence electrons. The van der Waals surface area contributed by atoms with Crippen LogP contribution < -0.4 is 21.3 Å². The van der Waals surface area contributed by atoms with Gasteiger partial charge in [-0.3, -0.25) is 18.5 Å². The standard InChI is InChI=1S/C16H23N5O3/c1-10(2)6-8-21-12-13(19(3)16(23)20(4)14(12)22)18-15(21)24-11-5-7-17-9-11/h6,11,17H,5,7-9H2,1-4H3/t11-/m1/s1. The van der Waals surface area contributed by atoms with Gasteiger partial charge in [0.15, 0.2) is 11.2 Å². The van der Waals surface area contributed by atoms with Crippen molar-refractivity contribution in [1.82, 2.24) is 24.0 Å². The number of ether oxygens (including phenoxy) is 1. The van der Waals surface area contributed by atoms with Gasteiger partial charge < -0.3 is 10.1 Å². The van der Waals surface area contributed by atoms with Gasteiger partial charge in [0, 0.05) is 27.2 Å². The minimum absolute atomic E-state index is 0.0214. The molecule has 0 unspecified atom stereocenters. The fourth-order valence-electron chi connectivity index (χ4n) is 2.84. The Hall–Kier alpha value is -2.35. The van der Waals surface area contributed by atoms with E-state index in [1.165, 1.54) is 11.6 Å². The third-order valence-corrected chi connectivity index (χ3v) is 4.28. The van der Waals surface area contributed by atoms with Crippen LogP contribution in [0, 0.1) is 0 Å². The summed E-state index contributed by atoms with van der Waals surface area (Å²) >= 11 is 0. The number of hydrogen-bond acceptors (Lipinski definition) is 5. The number of fused-ring (bicyclic) bond motifs is 1. The summed E-state index contributed by atoms with van der Waals surface area (Å²) in [5.41, 5.74) is 1.12. The Morgan fingerprint density at radius 1 is 1.33 bits per heavy atom. The fourth-order valence-corrected chi connectivity index (χ4v) is 2.84. The molecule has 1 N–H and O–H groups in total. The summed E-state index contributed by atoms with van der Waals surface area (Å²) in [4.78, 5) is 29.2. The lowest BCUT2D eigenvalue weighted by Gasteiger charge is -2.13. The number of hydrogen-bond donors (Lipinski definition) is 1. The van der Waals surface area contributed by atoms with Crippen molar-refractivity contribution in [2.24, 2.45) is 14.1 Å². The van der Waals surface area contributed by atoms with Gasteiger partial charge >= 0.3 is 5.69 Å². The highest BCUT2D eigenvalue weighted by molar-refractivity contribution is 5.72. The Balaban J connectivity index is 2.21. The highest BCUT2D eigenvalue weighted by atomic mass is 16.5. The quantitative estimate of drug-likeness (QED) is 0.805. The molecule has 1 aliphatic rings. The lowest BCUT2D eigenvalue weighted by atomic mass is 10.3. The highest BCUT2D eigenvalue weighted by Crippen LogP contribution is 2.20. The Bertz CT molecular complexity index is 908. The molecule has 8 nitrogen and oxygen atoms in total. The number of rotatable bonds is 4. The van der Waals surface area contributed by atoms with Crippen LogP contribution in [0.2, 0.25) is 0 Å². The number of allylic oxidation sites excluding steroid dienone is 2. The van der Waals surface area contributed by atoms with Crippen molar-refractivity contribution >= 4 is 11.2 Å². The van der Waals surface area contributed by atoms with E-state index in [0.29, 0.717) is 23.7 Å². The van der Waals surface area contributed by atoms with Crippen LogP contribution in [0.25, 0.3) is 11.2 Å². The Kier molecular flexibility index (Phi) is 4.31. The van der Waals surface area contributed by atoms with Crippen molar-refractivity contribution in [2.45, 2.75) is 32.9 Å². The van der Waals surface area contributed by atoms with Crippen molar-refractivity contribution in [2.75, 3.05) is 13.1 Å². The number of aromatic nitrogens is 4. The molecule has 0 radical (unpaired) electrons. The molecule has 2 aromatic rings. The molecule has 24 heavy (non-hydrogen) atoms. The third kappa shape index (κ3) is 2.77. The summed E-state index contributed by atoms with van der Waals surface area (Å²) in [5, 5.41) is 3.24. The van der Waals surface area contributed by atoms with Gasteiger partial charge in [-0.1, -0.05) is 11.6 Å². The average molecular weight is 333 g/mol. The van der Waals surface area contributed by atoms with E-state index >= 15 is 0 Å². The van der Waals surface area contributed by atoms with Crippen LogP contribution >= 0.6 is 0 Å². The summed E-state index contributed by atoms with van der Waals surface area (Å²) in [6.07, 6.45) is 2.92. The van der Waals surface area contributed by atoms with Crippen molar-refractivity contribution in [1.29, 1.82) is 0 Å². The Morgan fingerprint density at radius 3 is 2.71 bits per heavy atom. The molecule has 0 bridgehead atoms. The molecule has 1 saturated heterocycles. The van der Waals surface area contributed by atoms with Crippen LogP contribution in [0.1, 0.15) is 20.3 Å². The Labute approximate surface area is 139 Å². The SMILES string of the molecule is CC(C)=CCn1c(O[C@@H]2CCNC2)nc2c1c(=O)n(C)c(=O)n2C. The first-order valence-corrected chi connectivity index (χ1v) is 8.07. The predicted octanol–water partition coefficient (Wildman–Crippen LogP) is 0.141. The number of nitrogens with zero attached hydrogens (tertiary/aromatic N) is 4. The van der Waals surface area contributed by atoms with Crippen LogP contribution in [0.3, 0.4) is 0 Å². The van der Waals surface area contributed by atoms with Gasteiger partial charge in [0.25, 0.3) is 11.6 Å². The molecular weight excluding hydrogens is 310 g/mol. The lowest BCUT2D eigenvalue weighted by molar-refractivity contribution is 0.198. The van der Waals surface area contributed by atoms with Gasteiger partial charge in [0.05, 0.1) is 0 Å². The van der Waals surface area contributed by atoms with E-state index < -0.39 is 5.69 Å². The molecule has 2 aromatic heterocycles. The van der Waals surface area contributed by atoms with Gasteiger partial charge in [-0.05, 0) is 26.8 Å². The van der Waals surface area contributed by atoms with Gasteiger partial charge in [-0.2, -0.15) is 4.98 Å². The summed E-state index contributed by atoms with van der Waals surface area (Å²) in [7, 11) is 3.09. The largest absolute Gasteiger partial charge is 0.460 e. The van der Waals surface area contributed by atoms with E-state index in [1.807, 2.05) is 19.9 Å². The fraction of sp³-hybridized carbons (Fsp3) is 0.562. The van der Waals surface area contributed by atoms with Gasteiger partial charge in [0.2, 0.25) is 0 Å². The average Bonchev–Trinajstić information content (AvgIpc) is 3.17.